The fraction of sp³-hybridized carbons (Fsp3) is 0.500. The first kappa shape index (κ1) is 14.2. The Bertz CT molecular complexity index is 445. The van der Waals surface area contributed by atoms with E-state index in [1.165, 1.54) is 0 Å². The van der Waals surface area contributed by atoms with Crippen LogP contribution in [0.3, 0.4) is 0 Å². The molecule has 2 N–H and O–H groups in total. The van der Waals surface area contributed by atoms with Crippen LogP contribution in [0.1, 0.15) is 24.8 Å². The molecule has 4 nitrogen and oxygen atoms in total. The molecule has 1 atom stereocenters. The molecule has 0 spiro atoms. The lowest BCUT2D eigenvalue weighted by molar-refractivity contribution is -0.123. The van der Waals surface area contributed by atoms with Crippen molar-refractivity contribution >= 4 is 17.5 Å². The number of carbonyl (C=O) groups is 1. The zero-order valence-corrected chi connectivity index (χ0v) is 11.8. The van der Waals surface area contributed by atoms with Crippen LogP contribution >= 0.6 is 11.6 Å². The van der Waals surface area contributed by atoms with Crippen LogP contribution in [0.4, 0.5) is 0 Å². The van der Waals surface area contributed by atoms with E-state index in [2.05, 4.69) is 10.6 Å². The van der Waals surface area contributed by atoms with E-state index in [1.54, 1.807) is 13.2 Å². The SMILES string of the molecule is COc1cccc(Cl)c1CNC(=O)[C@H]1CCCCN1. The third-order valence-electron chi connectivity index (χ3n) is 3.36. The van der Waals surface area contributed by atoms with E-state index in [-0.39, 0.29) is 11.9 Å². The number of hydrogen-bond acceptors (Lipinski definition) is 3. The largest absolute Gasteiger partial charge is 0.496 e. The predicted octanol–water partition coefficient (Wildman–Crippen LogP) is 2.11. The summed E-state index contributed by atoms with van der Waals surface area (Å²) >= 11 is 6.13. The van der Waals surface area contributed by atoms with E-state index in [0.29, 0.717) is 17.3 Å². The number of benzene rings is 1. The number of hydrogen-bond donors (Lipinski definition) is 2. The summed E-state index contributed by atoms with van der Waals surface area (Å²) in [6.45, 7) is 1.30. The van der Waals surface area contributed by atoms with Crippen LogP contribution in [0, 0.1) is 0 Å². The molecular weight excluding hydrogens is 264 g/mol. The quantitative estimate of drug-likeness (QED) is 0.889. The molecule has 1 heterocycles. The van der Waals surface area contributed by atoms with Gasteiger partial charge in [0, 0.05) is 17.1 Å². The van der Waals surface area contributed by atoms with Crippen LogP contribution < -0.4 is 15.4 Å². The molecule has 19 heavy (non-hydrogen) atoms. The molecule has 0 bridgehead atoms. The minimum Gasteiger partial charge on any atom is -0.496 e. The van der Waals surface area contributed by atoms with E-state index in [4.69, 9.17) is 16.3 Å². The Morgan fingerprint density at radius 3 is 3.05 bits per heavy atom. The highest BCUT2D eigenvalue weighted by Gasteiger charge is 2.20. The van der Waals surface area contributed by atoms with Gasteiger partial charge in [-0.3, -0.25) is 4.79 Å². The van der Waals surface area contributed by atoms with Gasteiger partial charge in [0.1, 0.15) is 5.75 Å². The summed E-state index contributed by atoms with van der Waals surface area (Å²) in [5, 5.41) is 6.75. The third-order valence-corrected chi connectivity index (χ3v) is 3.72. The first-order valence-electron chi connectivity index (χ1n) is 6.55. The monoisotopic (exact) mass is 282 g/mol. The van der Waals surface area contributed by atoms with E-state index >= 15 is 0 Å². The Balaban J connectivity index is 1.96. The lowest BCUT2D eigenvalue weighted by atomic mass is 10.0. The normalized spacial score (nSPS) is 18.9. The van der Waals surface area contributed by atoms with Crippen LogP contribution in [0.2, 0.25) is 5.02 Å². The maximum atomic E-state index is 12.0. The van der Waals surface area contributed by atoms with Crippen molar-refractivity contribution in [1.82, 2.24) is 10.6 Å². The molecular formula is C14H19ClN2O2. The number of methoxy groups -OCH3 is 1. The first-order valence-corrected chi connectivity index (χ1v) is 6.92. The van der Waals surface area contributed by atoms with Crippen molar-refractivity contribution in [2.45, 2.75) is 31.8 Å². The second kappa shape index (κ2) is 6.78. The molecule has 1 aromatic carbocycles. The van der Waals surface area contributed by atoms with Gasteiger partial charge >= 0.3 is 0 Å². The Labute approximate surface area is 118 Å². The minimum absolute atomic E-state index is 0.0293. The molecule has 1 aromatic rings. The van der Waals surface area contributed by atoms with E-state index < -0.39 is 0 Å². The zero-order valence-electron chi connectivity index (χ0n) is 11.0. The summed E-state index contributed by atoms with van der Waals surface area (Å²) in [5.41, 5.74) is 0.816. The van der Waals surface area contributed by atoms with Gasteiger partial charge in [0.15, 0.2) is 0 Å². The number of nitrogens with one attached hydrogen (secondary N) is 2. The minimum atomic E-state index is -0.0813. The standard InChI is InChI=1S/C14H19ClN2O2/c1-19-13-7-4-5-11(15)10(13)9-17-14(18)12-6-2-3-8-16-12/h4-5,7,12,16H,2-3,6,8-9H2,1H3,(H,17,18)/t12-/m1/s1. The van der Waals surface area contributed by atoms with Crippen LogP contribution in [-0.4, -0.2) is 25.6 Å². The molecule has 2 rings (SSSR count). The number of rotatable bonds is 4. The zero-order chi connectivity index (χ0) is 13.7. The smallest absolute Gasteiger partial charge is 0.237 e. The Morgan fingerprint density at radius 2 is 2.37 bits per heavy atom. The van der Waals surface area contributed by atoms with E-state index in [9.17, 15) is 4.79 Å². The van der Waals surface area contributed by atoms with Crippen molar-refractivity contribution in [2.24, 2.45) is 0 Å². The molecule has 0 aliphatic carbocycles. The van der Waals surface area contributed by atoms with Gasteiger partial charge in [-0.2, -0.15) is 0 Å². The van der Waals surface area contributed by atoms with Gasteiger partial charge in [-0.25, -0.2) is 0 Å². The lowest BCUT2D eigenvalue weighted by Gasteiger charge is -2.22. The van der Waals surface area contributed by atoms with Crippen molar-refractivity contribution in [2.75, 3.05) is 13.7 Å². The second-order valence-electron chi connectivity index (χ2n) is 4.64. The summed E-state index contributed by atoms with van der Waals surface area (Å²) in [4.78, 5) is 12.0. The second-order valence-corrected chi connectivity index (χ2v) is 5.05. The van der Waals surface area contributed by atoms with E-state index in [0.717, 1.165) is 31.4 Å². The van der Waals surface area contributed by atoms with Crippen LogP contribution in [0.25, 0.3) is 0 Å². The Morgan fingerprint density at radius 1 is 1.53 bits per heavy atom. The van der Waals surface area contributed by atoms with E-state index in [1.807, 2.05) is 12.1 Å². The number of carbonyl (C=O) groups excluding carboxylic acids is 1. The fourth-order valence-electron chi connectivity index (χ4n) is 2.28. The van der Waals surface area contributed by atoms with Gasteiger partial charge in [0.05, 0.1) is 13.2 Å². The summed E-state index contributed by atoms with van der Waals surface area (Å²) in [5.74, 6) is 0.728. The first-order chi connectivity index (χ1) is 9.22. The molecule has 0 aromatic heterocycles. The maximum Gasteiger partial charge on any atom is 0.237 e. The number of amides is 1. The van der Waals surface area contributed by atoms with Crippen molar-refractivity contribution in [3.8, 4) is 5.75 Å². The lowest BCUT2D eigenvalue weighted by Crippen LogP contribution is -2.46. The van der Waals surface area contributed by atoms with Gasteiger partial charge in [-0.1, -0.05) is 24.1 Å². The molecule has 1 saturated heterocycles. The molecule has 0 radical (unpaired) electrons. The molecule has 1 fully saturated rings. The number of piperidine rings is 1. The fourth-order valence-corrected chi connectivity index (χ4v) is 2.51. The van der Waals surface area contributed by atoms with Crippen LogP contribution in [-0.2, 0) is 11.3 Å². The van der Waals surface area contributed by atoms with Gasteiger partial charge in [0.2, 0.25) is 5.91 Å². The molecule has 0 unspecified atom stereocenters. The average molecular weight is 283 g/mol. The topological polar surface area (TPSA) is 50.4 Å². The number of ether oxygens (including phenoxy) is 1. The molecule has 1 aliphatic heterocycles. The van der Waals surface area contributed by atoms with Crippen molar-refractivity contribution in [3.63, 3.8) is 0 Å². The number of halogens is 1. The summed E-state index contributed by atoms with van der Waals surface area (Å²) in [6.07, 6.45) is 3.13. The maximum absolute atomic E-state index is 12.0. The van der Waals surface area contributed by atoms with Crippen molar-refractivity contribution in [1.29, 1.82) is 0 Å². The average Bonchev–Trinajstić information content (AvgIpc) is 2.46. The van der Waals surface area contributed by atoms with Gasteiger partial charge in [-0.05, 0) is 31.5 Å². The van der Waals surface area contributed by atoms with Crippen molar-refractivity contribution < 1.29 is 9.53 Å². The molecule has 5 heteroatoms. The highest BCUT2D eigenvalue weighted by Crippen LogP contribution is 2.25. The van der Waals surface area contributed by atoms with Gasteiger partial charge in [-0.15, -0.1) is 0 Å². The summed E-state index contributed by atoms with van der Waals surface area (Å²) in [7, 11) is 1.60. The van der Waals surface area contributed by atoms with Crippen molar-refractivity contribution in [3.05, 3.63) is 28.8 Å². The molecule has 1 amide bonds. The summed E-state index contributed by atoms with van der Waals surface area (Å²) < 4.78 is 5.25. The van der Waals surface area contributed by atoms with Crippen LogP contribution in [0.15, 0.2) is 18.2 Å². The summed E-state index contributed by atoms with van der Waals surface area (Å²) in [6, 6.07) is 5.38. The van der Waals surface area contributed by atoms with Crippen LogP contribution in [0.5, 0.6) is 5.75 Å². The highest BCUT2D eigenvalue weighted by atomic mass is 35.5. The van der Waals surface area contributed by atoms with Gasteiger partial charge in [0.25, 0.3) is 0 Å². The molecule has 1 aliphatic rings. The third kappa shape index (κ3) is 3.61. The highest BCUT2D eigenvalue weighted by molar-refractivity contribution is 6.31. The molecule has 104 valence electrons. The molecule has 0 saturated carbocycles. The predicted molar refractivity (Wildman–Crippen MR) is 75.5 cm³/mol. The van der Waals surface area contributed by atoms with Gasteiger partial charge < -0.3 is 15.4 Å². The Hall–Kier alpha value is -1.26. The Kier molecular flexibility index (Phi) is 5.05.